The van der Waals surface area contributed by atoms with Crippen molar-refractivity contribution in [2.75, 3.05) is 10.7 Å². The summed E-state index contributed by atoms with van der Waals surface area (Å²) in [4.78, 5) is 23.2. The third kappa shape index (κ3) is 4.24. The Morgan fingerprint density at radius 2 is 1.73 bits per heavy atom. The number of anilines is 1. The number of nitrogens with zero attached hydrogens (tertiary/aromatic N) is 3. The second kappa shape index (κ2) is 8.62. The molecule has 1 aromatic rings. The number of amidine groups is 1. The molecular weight excluding hydrogens is 426 g/mol. The summed E-state index contributed by atoms with van der Waals surface area (Å²) in [6.07, 6.45) is 14.4. The van der Waals surface area contributed by atoms with E-state index in [4.69, 9.17) is 4.99 Å². The van der Waals surface area contributed by atoms with Crippen LogP contribution in [0.3, 0.4) is 0 Å². The van der Waals surface area contributed by atoms with E-state index in [1.807, 2.05) is 11.8 Å². The molecule has 1 unspecified atom stereocenters. The van der Waals surface area contributed by atoms with Crippen molar-refractivity contribution < 1.29 is 4.79 Å². The monoisotopic (exact) mass is 465 g/mol. The number of benzene rings is 1. The van der Waals surface area contributed by atoms with Crippen LogP contribution in [0.1, 0.15) is 83.6 Å². The highest BCUT2D eigenvalue weighted by atomic mass is 32.2. The van der Waals surface area contributed by atoms with Gasteiger partial charge in [0.25, 0.3) is 0 Å². The number of thioether (sulfide) groups is 1. The zero-order valence-corrected chi connectivity index (χ0v) is 21.2. The Kier molecular flexibility index (Phi) is 5.75. The Morgan fingerprint density at radius 3 is 2.27 bits per heavy atom. The summed E-state index contributed by atoms with van der Waals surface area (Å²) in [6.45, 7) is 3.97. The zero-order valence-electron chi connectivity index (χ0n) is 20.3. The van der Waals surface area contributed by atoms with Crippen LogP contribution in [0.2, 0.25) is 0 Å². The maximum Gasteiger partial charge on any atom is 0.225 e. The number of carbonyl (C=O) groups is 1. The van der Waals surface area contributed by atoms with Gasteiger partial charge in [0.05, 0.1) is 5.54 Å². The molecule has 0 N–H and O–H groups in total. The molecule has 178 valence electrons. The quantitative estimate of drug-likeness (QED) is 0.478. The van der Waals surface area contributed by atoms with Crippen LogP contribution in [0, 0.1) is 17.8 Å². The van der Waals surface area contributed by atoms with E-state index in [-0.39, 0.29) is 17.6 Å². The molecule has 0 spiro atoms. The number of aliphatic imine (C=N–C) groups is 1. The molecule has 6 aliphatic rings. The molecule has 33 heavy (non-hydrogen) atoms. The first-order valence-corrected chi connectivity index (χ1v) is 14.4. The Balaban J connectivity index is 1.27. The van der Waals surface area contributed by atoms with Crippen LogP contribution in [0.15, 0.2) is 29.3 Å². The van der Waals surface area contributed by atoms with Gasteiger partial charge in [-0.2, -0.15) is 0 Å². The van der Waals surface area contributed by atoms with Crippen molar-refractivity contribution in [1.29, 1.82) is 0 Å². The van der Waals surface area contributed by atoms with Crippen LogP contribution in [-0.4, -0.2) is 39.5 Å². The molecule has 1 heterocycles. The van der Waals surface area contributed by atoms with E-state index < -0.39 is 0 Å². The fourth-order valence-corrected chi connectivity index (χ4v) is 8.93. The summed E-state index contributed by atoms with van der Waals surface area (Å²) in [5, 5.41) is 1.25. The van der Waals surface area contributed by atoms with E-state index in [2.05, 4.69) is 41.0 Å². The maximum atomic E-state index is 12.9. The minimum absolute atomic E-state index is 0.0918. The van der Waals surface area contributed by atoms with Gasteiger partial charge in [0.15, 0.2) is 5.17 Å². The maximum absolute atomic E-state index is 12.9. The summed E-state index contributed by atoms with van der Waals surface area (Å²) < 4.78 is 0. The Labute approximate surface area is 203 Å². The van der Waals surface area contributed by atoms with Gasteiger partial charge in [0, 0.05) is 24.4 Å². The minimum atomic E-state index is 0.0918. The second-order valence-electron chi connectivity index (χ2n) is 11.6. The summed E-state index contributed by atoms with van der Waals surface area (Å²) in [5.74, 6) is 3.81. The predicted molar refractivity (Wildman–Crippen MR) is 138 cm³/mol. The summed E-state index contributed by atoms with van der Waals surface area (Å²) in [6, 6.07) is 9.32. The van der Waals surface area contributed by atoms with Crippen molar-refractivity contribution >= 4 is 28.5 Å². The SMILES string of the molecule is CCCCc1ccc(N(C(C)=O)C2CSC(=NC34CC5CC(CC(C5)C3)C4)N2C2CC2)cc1. The van der Waals surface area contributed by atoms with Crippen molar-refractivity contribution in [3.63, 3.8) is 0 Å². The van der Waals surface area contributed by atoms with E-state index in [1.54, 1.807) is 6.92 Å². The molecule has 5 heteroatoms. The average molecular weight is 466 g/mol. The van der Waals surface area contributed by atoms with Gasteiger partial charge in [-0.1, -0.05) is 37.2 Å². The van der Waals surface area contributed by atoms with Gasteiger partial charge in [-0.3, -0.25) is 14.7 Å². The molecule has 1 amide bonds. The molecule has 0 radical (unpaired) electrons. The third-order valence-corrected chi connectivity index (χ3v) is 9.88. The largest absolute Gasteiger partial charge is 0.327 e. The molecule has 1 aliphatic heterocycles. The first-order chi connectivity index (χ1) is 16.0. The average Bonchev–Trinajstić information content (AvgIpc) is 3.53. The normalized spacial score (nSPS) is 36.1. The first kappa shape index (κ1) is 22.0. The number of hydrogen-bond donors (Lipinski definition) is 0. The number of carbonyl (C=O) groups excluding carboxylic acids is 1. The highest BCUT2D eigenvalue weighted by molar-refractivity contribution is 8.14. The third-order valence-electron chi connectivity index (χ3n) is 8.85. The number of amides is 1. The molecule has 6 fully saturated rings. The highest BCUT2D eigenvalue weighted by Crippen LogP contribution is 2.58. The predicted octanol–water partition coefficient (Wildman–Crippen LogP) is 6.24. The number of unbranched alkanes of at least 4 members (excludes halogenated alkanes) is 1. The van der Waals surface area contributed by atoms with Crippen molar-refractivity contribution in [3.8, 4) is 0 Å². The number of aryl methyl sites for hydroxylation is 1. The Hall–Kier alpha value is -1.49. The van der Waals surface area contributed by atoms with Crippen LogP contribution >= 0.6 is 11.8 Å². The summed E-state index contributed by atoms with van der Waals surface area (Å²) in [5.41, 5.74) is 2.60. The van der Waals surface area contributed by atoms with Gasteiger partial charge in [0.1, 0.15) is 6.17 Å². The van der Waals surface area contributed by atoms with Crippen LogP contribution in [-0.2, 0) is 11.2 Å². The van der Waals surface area contributed by atoms with Gasteiger partial charge < -0.3 is 4.90 Å². The fourth-order valence-electron chi connectivity index (χ4n) is 7.65. The molecule has 0 aromatic heterocycles. The summed E-state index contributed by atoms with van der Waals surface area (Å²) in [7, 11) is 0. The van der Waals surface area contributed by atoms with Crippen molar-refractivity contribution in [2.24, 2.45) is 22.7 Å². The molecule has 5 aliphatic carbocycles. The van der Waals surface area contributed by atoms with Crippen LogP contribution < -0.4 is 4.90 Å². The first-order valence-electron chi connectivity index (χ1n) is 13.4. The molecule has 1 aromatic carbocycles. The smallest absolute Gasteiger partial charge is 0.225 e. The number of hydrogen-bond acceptors (Lipinski definition) is 3. The van der Waals surface area contributed by atoms with Crippen LogP contribution in [0.25, 0.3) is 0 Å². The van der Waals surface area contributed by atoms with Gasteiger partial charge in [0.2, 0.25) is 5.91 Å². The molecule has 4 bridgehead atoms. The lowest BCUT2D eigenvalue weighted by atomic mass is 9.53. The van der Waals surface area contributed by atoms with E-state index in [0.717, 1.165) is 35.6 Å². The van der Waals surface area contributed by atoms with Crippen LogP contribution in [0.5, 0.6) is 0 Å². The lowest BCUT2D eigenvalue weighted by Crippen LogP contribution is -2.53. The lowest BCUT2D eigenvalue weighted by Gasteiger charge is -2.55. The topological polar surface area (TPSA) is 35.9 Å². The van der Waals surface area contributed by atoms with Gasteiger partial charge in [-0.05, 0) is 99.7 Å². The van der Waals surface area contributed by atoms with Crippen molar-refractivity contribution in [1.82, 2.24) is 4.90 Å². The van der Waals surface area contributed by atoms with E-state index >= 15 is 0 Å². The van der Waals surface area contributed by atoms with E-state index in [0.29, 0.717) is 6.04 Å². The van der Waals surface area contributed by atoms with Gasteiger partial charge in [-0.25, -0.2) is 0 Å². The summed E-state index contributed by atoms with van der Waals surface area (Å²) >= 11 is 1.91. The molecule has 1 atom stereocenters. The number of rotatable bonds is 7. The molecule has 1 saturated heterocycles. The van der Waals surface area contributed by atoms with Crippen LogP contribution in [0.4, 0.5) is 5.69 Å². The van der Waals surface area contributed by atoms with E-state index in [9.17, 15) is 4.79 Å². The van der Waals surface area contributed by atoms with Gasteiger partial charge in [-0.15, -0.1) is 0 Å². The second-order valence-corrected chi connectivity index (χ2v) is 12.6. The minimum Gasteiger partial charge on any atom is -0.327 e. The van der Waals surface area contributed by atoms with E-state index in [1.165, 1.54) is 74.9 Å². The molecule has 7 rings (SSSR count). The lowest BCUT2D eigenvalue weighted by molar-refractivity contribution is -0.117. The fraction of sp³-hybridized carbons (Fsp3) is 0.714. The standard InChI is InChI=1S/C28H39N3OS/c1-3-4-5-20-6-8-24(9-7-20)30(19(2)32)26-18-33-27(31(26)25-10-11-25)29-28-15-21-12-22(16-28)14-23(13-21)17-28/h6-9,21-23,25-26H,3-5,10-18H2,1-2H3. The van der Waals surface area contributed by atoms with Gasteiger partial charge >= 0.3 is 0 Å². The Bertz CT molecular complexity index is 886. The highest BCUT2D eigenvalue weighted by Gasteiger charge is 2.53. The zero-order chi connectivity index (χ0) is 22.6. The molecule has 4 nitrogen and oxygen atoms in total. The Morgan fingerprint density at radius 1 is 1.09 bits per heavy atom. The van der Waals surface area contributed by atoms with Crippen molar-refractivity contribution in [3.05, 3.63) is 29.8 Å². The molecular formula is C28H39N3OS. The van der Waals surface area contributed by atoms with Crippen molar-refractivity contribution in [2.45, 2.75) is 102 Å². The molecule has 5 saturated carbocycles.